The normalized spacial score (nSPS) is 11.4. The van der Waals surface area contributed by atoms with Crippen LogP contribution in [0.1, 0.15) is 43.0 Å². The fourth-order valence-corrected chi connectivity index (χ4v) is 5.67. The maximum absolute atomic E-state index is 11.2. The summed E-state index contributed by atoms with van der Waals surface area (Å²) in [6.45, 7) is 7.87. The van der Waals surface area contributed by atoms with Gasteiger partial charge in [0.1, 0.15) is 24.5 Å². The number of amides is 1. The molecule has 3 aromatic carbocycles. The lowest BCUT2D eigenvalue weighted by atomic mass is 9.95. The van der Waals surface area contributed by atoms with Gasteiger partial charge >= 0.3 is 5.97 Å². The predicted molar refractivity (Wildman–Crippen MR) is 222 cm³/mol. The standard InChI is InChI=1S/C30H40N2O7.C13H19N3O2/c1-32-28(22-30(33)34)24-8-6-23(7-9-24)25-10-11-29(27-5-3-2-4-26(25)27)39-21-20-38-19-18-37-17-16-36-15-14-35-13-12-31;1-11-5-4-6-12(16-11)14-8-3-2-7-13(18)15-9-10-17/h2-11,28,32H,12-22,31H2,1H3,(H,33,34);4-6,10H,2-3,7-9H2,1H3,(H,14,16)(H,15,18)/t28-;/m0./s1. The third-order valence-electron chi connectivity index (χ3n) is 8.51. The molecule has 0 saturated carbocycles. The number of aldehydes is 1. The average molecular weight is 790 g/mol. The number of aromatic nitrogens is 1. The first-order valence-corrected chi connectivity index (χ1v) is 19.4. The minimum absolute atomic E-state index is 0.0307. The van der Waals surface area contributed by atoms with E-state index in [0.29, 0.717) is 78.7 Å². The summed E-state index contributed by atoms with van der Waals surface area (Å²) in [6.07, 6.45) is 2.86. The van der Waals surface area contributed by atoms with Crippen molar-refractivity contribution >= 4 is 34.8 Å². The highest BCUT2D eigenvalue weighted by atomic mass is 16.6. The maximum atomic E-state index is 11.2. The summed E-state index contributed by atoms with van der Waals surface area (Å²) in [7, 11) is 1.77. The second kappa shape index (κ2) is 28.4. The first-order chi connectivity index (χ1) is 27.9. The zero-order valence-electron chi connectivity index (χ0n) is 33.2. The lowest BCUT2D eigenvalue weighted by molar-refractivity contribution is -0.137. The molecule has 0 aliphatic rings. The van der Waals surface area contributed by atoms with Crippen LogP contribution >= 0.6 is 0 Å². The third-order valence-corrected chi connectivity index (χ3v) is 8.51. The Morgan fingerprint density at radius 3 is 2.05 bits per heavy atom. The van der Waals surface area contributed by atoms with E-state index < -0.39 is 5.97 Å². The maximum Gasteiger partial charge on any atom is 0.305 e. The van der Waals surface area contributed by atoms with Crippen LogP contribution in [0.15, 0.2) is 78.9 Å². The Morgan fingerprint density at radius 1 is 0.789 bits per heavy atom. The number of carboxylic acids is 1. The smallest absolute Gasteiger partial charge is 0.305 e. The van der Waals surface area contributed by atoms with Crippen LogP contribution in [0.25, 0.3) is 21.9 Å². The molecule has 1 heterocycles. The molecule has 14 nitrogen and oxygen atoms in total. The molecule has 1 amide bonds. The van der Waals surface area contributed by atoms with Crippen LogP contribution in [0.3, 0.4) is 0 Å². The predicted octanol–water partition coefficient (Wildman–Crippen LogP) is 4.93. The molecule has 4 rings (SSSR count). The summed E-state index contributed by atoms with van der Waals surface area (Å²) < 4.78 is 27.8. The number of aryl methyl sites for hydroxylation is 1. The number of rotatable bonds is 28. The van der Waals surface area contributed by atoms with Crippen molar-refractivity contribution in [1.29, 1.82) is 0 Å². The van der Waals surface area contributed by atoms with Gasteiger partial charge in [-0.15, -0.1) is 0 Å². The van der Waals surface area contributed by atoms with Crippen LogP contribution in [0.4, 0.5) is 5.82 Å². The summed E-state index contributed by atoms with van der Waals surface area (Å²) >= 11 is 0. The number of hydrogen-bond acceptors (Lipinski definition) is 12. The van der Waals surface area contributed by atoms with Crippen molar-refractivity contribution in [3.63, 3.8) is 0 Å². The van der Waals surface area contributed by atoms with Gasteiger partial charge in [-0.2, -0.15) is 0 Å². The molecule has 0 bridgehead atoms. The number of nitrogens with zero attached hydrogens (tertiary/aromatic N) is 1. The number of carbonyl (C=O) groups is 3. The van der Waals surface area contributed by atoms with Gasteiger partial charge in [-0.25, -0.2) is 4.98 Å². The van der Waals surface area contributed by atoms with Crippen LogP contribution in [0, 0.1) is 6.92 Å². The monoisotopic (exact) mass is 789 g/mol. The van der Waals surface area contributed by atoms with Gasteiger partial charge in [0.15, 0.2) is 0 Å². The molecule has 0 spiro atoms. The molecule has 1 atom stereocenters. The molecule has 4 aromatic rings. The first-order valence-electron chi connectivity index (χ1n) is 19.4. The van der Waals surface area contributed by atoms with Crippen molar-refractivity contribution in [3.8, 4) is 16.9 Å². The number of ether oxygens (including phenoxy) is 5. The van der Waals surface area contributed by atoms with E-state index >= 15 is 0 Å². The Balaban J connectivity index is 0.000000404. The quantitative estimate of drug-likeness (QED) is 0.0385. The summed E-state index contributed by atoms with van der Waals surface area (Å²) in [5, 5.41) is 20.0. The van der Waals surface area contributed by atoms with Crippen molar-refractivity contribution < 1.29 is 43.2 Å². The van der Waals surface area contributed by atoms with E-state index in [4.69, 9.17) is 34.5 Å². The molecule has 1 aromatic heterocycles. The van der Waals surface area contributed by atoms with E-state index in [1.807, 2.05) is 73.7 Å². The number of pyridine rings is 1. The number of nitrogens with two attached hydrogens (primary N) is 1. The van der Waals surface area contributed by atoms with Crippen LogP contribution in [-0.4, -0.2) is 114 Å². The van der Waals surface area contributed by atoms with Crippen molar-refractivity contribution in [2.45, 2.75) is 38.6 Å². The van der Waals surface area contributed by atoms with Crippen molar-refractivity contribution in [2.75, 3.05) is 91.5 Å². The lowest BCUT2D eigenvalue weighted by Crippen LogP contribution is -2.24. The third kappa shape index (κ3) is 18.7. The van der Waals surface area contributed by atoms with Gasteiger partial charge in [0.05, 0.1) is 65.8 Å². The van der Waals surface area contributed by atoms with Crippen LogP contribution in [-0.2, 0) is 33.3 Å². The molecule has 57 heavy (non-hydrogen) atoms. The Hall–Kier alpha value is -4.96. The van der Waals surface area contributed by atoms with Crippen LogP contribution < -0.4 is 26.4 Å². The number of anilines is 1. The lowest BCUT2D eigenvalue weighted by Gasteiger charge is -2.16. The topological polar surface area (TPSA) is 193 Å². The highest BCUT2D eigenvalue weighted by Gasteiger charge is 2.14. The van der Waals surface area contributed by atoms with E-state index in [2.05, 4.69) is 33.1 Å². The molecule has 14 heteroatoms. The molecule has 6 N–H and O–H groups in total. The van der Waals surface area contributed by atoms with Crippen LogP contribution in [0.2, 0.25) is 0 Å². The summed E-state index contributed by atoms with van der Waals surface area (Å²) in [4.78, 5) is 36.7. The molecule has 0 aliphatic heterocycles. The second-order valence-corrected chi connectivity index (χ2v) is 12.8. The van der Waals surface area contributed by atoms with E-state index in [9.17, 15) is 14.4 Å². The average Bonchev–Trinajstić information content (AvgIpc) is 3.22. The Morgan fingerprint density at radius 2 is 1.44 bits per heavy atom. The Kier molecular flexibility index (Phi) is 23.2. The number of fused-ring (bicyclic) bond motifs is 1. The van der Waals surface area contributed by atoms with E-state index in [-0.39, 0.29) is 24.9 Å². The number of hydrogen-bond donors (Lipinski definition) is 5. The summed E-state index contributed by atoms with van der Waals surface area (Å²) in [5.41, 5.74) is 9.41. The number of carbonyl (C=O) groups excluding carboxylic acids is 2. The minimum Gasteiger partial charge on any atom is -0.491 e. The highest BCUT2D eigenvalue weighted by Crippen LogP contribution is 2.35. The fraction of sp³-hybridized carbons (Fsp3) is 0.442. The van der Waals surface area contributed by atoms with Crippen molar-refractivity contribution in [2.24, 2.45) is 5.73 Å². The molecule has 310 valence electrons. The van der Waals surface area contributed by atoms with Gasteiger partial charge in [-0.05, 0) is 67.1 Å². The number of nitrogens with one attached hydrogen (secondary N) is 3. The Bertz CT molecular complexity index is 1740. The van der Waals surface area contributed by atoms with Crippen LogP contribution in [0.5, 0.6) is 5.75 Å². The van der Waals surface area contributed by atoms with Gasteiger partial charge in [0, 0.05) is 36.6 Å². The van der Waals surface area contributed by atoms with E-state index in [0.717, 1.165) is 64.1 Å². The molecule has 0 fully saturated rings. The Labute approximate surface area is 335 Å². The van der Waals surface area contributed by atoms with Gasteiger partial charge < -0.3 is 55.3 Å². The van der Waals surface area contributed by atoms with Crippen molar-refractivity contribution in [1.82, 2.24) is 15.6 Å². The molecule has 0 unspecified atom stereocenters. The van der Waals surface area contributed by atoms with Gasteiger partial charge in [0.2, 0.25) is 5.91 Å². The SMILES string of the molecule is CN[C@@H](CC(=O)O)c1ccc(-c2ccc(OCCOCCOCCOCCOCCN)c3ccccc23)cc1.Cc1cccc(NCCCCC(=O)NCC=O)n1. The number of benzene rings is 3. The fourth-order valence-electron chi connectivity index (χ4n) is 5.67. The van der Waals surface area contributed by atoms with Crippen molar-refractivity contribution in [3.05, 3.63) is 90.1 Å². The molecular formula is C43H59N5O9. The highest BCUT2D eigenvalue weighted by molar-refractivity contribution is 6.00. The molecule has 0 saturated heterocycles. The first kappa shape index (κ1) is 46.4. The number of unbranched alkanes of at least 4 members (excludes halogenated alkanes) is 1. The van der Waals surface area contributed by atoms with Gasteiger partial charge in [-0.1, -0.05) is 60.7 Å². The van der Waals surface area contributed by atoms with Gasteiger partial charge in [0.25, 0.3) is 0 Å². The van der Waals surface area contributed by atoms with Gasteiger partial charge in [-0.3, -0.25) is 9.59 Å². The number of aliphatic carboxylic acids is 1. The zero-order chi connectivity index (χ0) is 40.9. The molecular weight excluding hydrogens is 730 g/mol. The zero-order valence-corrected chi connectivity index (χ0v) is 33.2. The second-order valence-electron chi connectivity index (χ2n) is 12.8. The largest absolute Gasteiger partial charge is 0.491 e. The minimum atomic E-state index is -0.832. The number of carboxylic acid groups (broad SMARTS) is 1. The summed E-state index contributed by atoms with van der Waals surface area (Å²) in [6, 6.07) is 25.8. The molecule has 0 radical (unpaired) electrons. The van der Waals surface area contributed by atoms with E-state index in [1.54, 1.807) is 7.05 Å². The van der Waals surface area contributed by atoms with E-state index in [1.165, 1.54) is 0 Å². The summed E-state index contributed by atoms with van der Waals surface area (Å²) in [5.74, 6) is 0.757. The molecule has 0 aliphatic carbocycles.